The lowest BCUT2D eigenvalue weighted by molar-refractivity contribution is -0.0601. The number of nitrogens with one attached hydrogen (secondary N) is 1. The van der Waals surface area contributed by atoms with Crippen LogP contribution in [0.1, 0.15) is 59.8 Å². The molecule has 0 spiro atoms. The molecule has 2 aliphatic rings. The first kappa shape index (κ1) is 17.2. The van der Waals surface area contributed by atoms with Crippen molar-refractivity contribution in [3.63, 3.8) is 0 Å². The minimum atomic E-state index is -3.46. The van der Waals surface area contributed by atoms with Crippen LogP contribution in [0.5, 0.6) is 0 Å². The van der Waals surface area contributed by atoms with E-state index in [0.29, 0.717) is 0 Å². The van der Waals surface area contributed by atoms with E-state index < -0.39 is 10.2 Å². The van der Waals surface area contributed by atoms with Gasteiger partial charge in [-0.2, -0.15) is 17.4 Å². The van der Waals surface area contributed by atoms with Gasteiger partial charge in [-0.3, -0.25) is 0 Å². The molecule has 0 aromatic heterocycles. The summed E-state index contributed by atoms with van der Waals surface area (Å²) in [6.45, 7) is 8.15. The van der Waals surface area contributed by atoms with Crippen molar-refractivity contribution in [1.29, 1.82) is 0 Å². The molecule has 0 aromatic carbocycles. The molecule has 0 aliphatic heterocycles. The summed E-state index contributed by atoms with van der Waals surface area (Å²) < 4.78 is 29.8. The van der Waals surface area contributed by atoms with Gasteiger partial charge < -0.3 is 5.73 Å². The van der Waals surface area contributed by atoms with Crippen LogP contribution in [0.25, 0.3) is 0 Å². The third kappa shape index (κ3) is 2.87. The Bertz CT molecular complexity index is 465. The van der Waals surface area contributed by atoms with E-state index in [1.54, 1.807) is 11.4 Å². The number of hydrogen-bond acceptors (Lipinski definition) is 3. The van der Waals surface area contributed by atoms with Crippen molar-refractivity contribution in [3.05, 3.63) is 0 Å². The quantitative estimate of drug-likeness (QED) is 0.831. The summed E-state index contributed by atoms with van der Waals surface area (Å²) in [5, 5.41) is 0. The Morgan fingerprint density at radius 3 is 2.00 bits per heavy atom. The molecule has 2 aliphatic carbocycles. The molecule has 0 atom stereocenters. The van der Waals surface area contributed by atoms with Gasteiger partial charge in [-0.15, -0.1) is 0 Å². The second-order valence-corrected chi connectivity index (χ2v) is 9.75. The second-order valence-electron chi connectivity index (χ2n) is 7.98. The Hall–Kier alpha value is -0.170. The Kier molecular flexibility index (Phi) is 4.48. The molecule has 0 amide bonds. The van der Waals surface area contributed by atoms with E-state index in [9.17, 15) is 8.42 Å². The highest BCUT2D eigenvalue weighted by Gasteiger charge is 2.61. The minimum absolute atomic E-state index is 0.00214. The average Bonchev–Trinajstić information content (AvgIpc) is 2.44. The van der Waals surface area contributed by atoms with E-state index in [2.05, 4.69) is 4.72 Å². The van der Waals surface area contributed by atoms with Crippen LogP contribution in [0, 0.1) is 10.8 Å². The molecular weight excluding hydrogens is 286 g/mol. The molecule has 0 unspecified atom stereocenters. The fraction of sp³-hybridized carbons (Fsp3) is 1.00. The Labute approximate surface area is 129 Å². The molecule has 5 nitrogen and oxygen atoms in total. The predicted molar refractivity (Wildman–Crippen MR) is 86.0 cm³/mol. The molecule has 21 heavy (non-hydrogen) atoms. The van der Waals surface area contributed by atoms with Crippen molar-refractivity contribution in [3.8, 4) is 0 Å². The summed E-state index contributed by atoms with van der Waals surface area (Å²) in [7, 11) is -1.75. The maximum Gasteiger partial charge on any atom is 0.279 e. The van der Waals surface area contributed by atoms with Crippen LogP contribution in [-0.2, 0) is 10.2 Å². The maximum absolute atomic E-state index is 12.7. The van der Waals surface area contributed by atoms with Crippen LogP contribution in [0.3, 0.4) is 0 Å². The first-order valence-electron chi connectivity index (χ1n) is 8.02. The highest BCUT2D eigenvalue weighted by atomic mass is 32.2. The summed E-state index contributed by atoms with van der Waals surface area (Å²) in [5.41, 5.74) is 5.78. The normalized spacial score (nSPS) is 32.9. The van der Waals surface area contributed by atoms with Gasteiger partial charge in [0.1, 0.15) is 0 Å². The zero-order valence-electron chi connectivity index (χ0n) is 14.0. The van der Waals surface area contributed by atoms with E-state index in [4.69, 9.17) is 5.73 Å². The number of nitrogens with zero attached hydrogens (tertiary/aromatic N) is 1. The molecule has 0 heterocycles. The van der Waals surface area contributed by atoms with Gasteiger partial charge in [-0.1, -0.05) is 47.0 Å². The number of nitrogens with two attached hydrogens (primary N) is 1. The van der Waals surface area contributed by atoms with Crippen molar-refractivity contribution in [2.75, 3.05) is 7.05 Å². The van der Waals surface area contributed by atoms with Gasteiger partial charge in [-0.05, 0) is 23.7 Å². The summed E-state index contributed by atoms with van der Waals surface area (Å²) >= 11 is 0. The highest BCUT2D eigenvalue weighted by molar-refractivity contribution is 7.87. The van der Waals surface area contributed by atoms with E-state index in [0.717, 1.165) is 25.7 Å². The lowest BCUT2D eigenvalue weighted by Crippen LogP contribution is -2.76. The molecule has 2 saturated carbocycles. The zero-order valence-corrected chi connectivity index (χ0v) is 14.8. The zero-order chi connectivity index (χ0) is 16.1. The maximum atomic E-state index is 12.7. The molecule has 0 aromatic rings. The molecular formula is C15H31N3O2S. The van der Waals surface area contributed by atoms with Crippen LogP contribution in [0.4, 0.5) is 0 Å². The third-order valence-electron chi connectivity index (χ3n) is 5.83. The standard InChI is InChI=1S/C15H31N3O2S/c1-14(2)12(16)15(3,4)13(14)17-21(19,20)18(5)11-9-7-6-8-10-11/h11-13,17H,6-10,16H2,1-5H3. The van der Waals surface area contributed by atoms with Crippen molar-refractivity contribution >= 4 is 10.2 Å². The van der Waals surface area contributed by atoms with Gasteiger partial charge in [0, 0.05) is 25.2 Å². The van der Waals surface area contributed by atoms with Crippen molar-refractivity contribution < 1.29 is 8.42 Å². The molecule has 2 fully saturated rings. The van der Waals surface area contributed by atoms with Gasteiger partial charge in [0.25, 0.3) is 10.2 Å². The third-order valence-corrected chi connectivity index (χ3v) is 7.42. The molecule has 6 heteroatoms. The van der Waals surface area contributed by atoms with E-state index in [1.807, 2.05) is 27.7 Å². The Morgan fingerprint density at radius 1 is 1.05 bits per heavy atom. The molecule has 0 radical (unpaired) electrons. The molecule has 0 bridgehead atoms. The average molecular weight is 317 g/mol. The SMILES string of the molecule is CN(C1CCCCC1)S(=O)(=O)NC1C(C)(C)C(N)C1(C)C. The predicted octanol–water partition coefficient (Wildman–Crippen LogP) is 1.85. The number of hydrogen-bond donors (Lipinski definition) is 2. The van der Waals surface area contributed by atoms with Crippen LogP contribution >= 0.6 is 0 Å². The lowest BCUT2D eigenvalue weighted by Gasteiger charge is -2.62. The summed E-state index contributed by atoms with van der Waals surface area (Å²) in [6.07, 6.45) is 5.39. The topological polar surface area (TPSA) is 75.4 Å². The van der Waals surface area contributed by atoms with Gasteiger partial charge in [0.05, 0.1) is 0 Å². The highest BCUT2D eigenvalue weighted by Crippen LogP contribution is 2.52. The van der Waals surface area contributed by atoms with Crippen LogP contribution < -0.4 is 10.5 Å². The molecule has 0 saturated heterocycles. The van der Waals surface area contributed by atoms with Gasteiger partial charge in [-0.25, -0.2) is 0 Å². The largest absolute Gasteiger partial charge is 0.327 e. The minimum Gasteiger partial charge on any atom is -0.327 e. The molecule has 124 valence electrons. The molecule has 2 rings (SSSR count). The van der Waals surface area contributed by atoms with Crippen molar-refractivity contribution in [1.82, 2.24) is 9.03 Å². The fourth-order valence-electron chi connectivity index (χ4n) is 4.36. The van der Waals surface area contributed by atoms with Gasteiger partial charge >= 0.3 is 0 Å². The smallest absolute Gasteiger partial charge is 0.279 e. The summed E-state index contributed by atoms with van der Waals surface area (Å²) in [4.78, 5) is 0. The van der Waals surface area contributed by atoms with Gasteiger partial charge in [0.2, 0.25) is 0 Å². The summed E-state index contributed by atoms with van der Waals surface area (Å²) in [5.74, 6) is 0. The van der Waals surface area contributed by atoms with E-state index in [1.165, 1.54) is 6.42 Å². The molecule has 3 N–H and O–H groups in total. The second kappa shape index (κ2) is 5.48. The lowest BCUT2D eigenvalue weighted by atomic mass is 9.49. The van der Waals surface area contributed by atoms with E-state index >= 15 is 0 Å². The van der Waals surface area contributed by atoms with E-state index in [-0.39, 0.29) is 29.0 Å². The Morgan fingerprint density at radius 2 is 1.52 bits per heavy atom. The Balaban J connectivity index is 2.10. The first-order chi connectivity index (χ1) is 9.51. The van der Waals surface area contributed by atoms with Crippen molar-refractivity contribution in [2.24, 2.45) is 16.6 Å². The number of rotatable bonds is 4. The van der Waals surface area contributed by atoms with Crippen LogP contribution in [0.15, 0.2) is 0 Å². The van der Waals surface area contributed by atoms with Crippen LogP contribution in [0.2, 0.25) is 0 Å². The van der Waals surface area contributed by atoms with Crippen LogP contribution in [-0.4, -0.2) is 37.9 Å². The monoisotopic (exact) mass is 317 g/mol. The summed E-state index contributed by atoms with van der Waals surface area (Å²) in [6, 6.07) is 0.00458. The van der Waals surface area contributed by atoms with Crippen molar-refractivity contribution in [2.45, 2.75) is 77.9 Å². The van der Waals surface area contributed by atoms with Gasteiger partial charge in [0.15, 0.2) is 0 Å². The fourth-order valence-corrected chi connectivity index (χ4v) is 6.03. The first-order valence-corrected chi connectivity index (χ1v) is 9.46.